The minimum Gasteiger partial charge on any atom is -0.472 e. The predicted molar refractivity (Wildman–Crippen MR) is 139 cm³/mol. The van der Waals surface area contributed by atoms with Gasteiger partial charge in [0.2, 0.25) is 5.88 Å². The van der Waals surface area contributed by atoms with E-state index in [0.717, 1.165) is 13.1 Å². The molecule has 37 heavy (non-hydrogen) atoms. The van der Waals surface area contributed by atoms with Crippen LogP contribution in [0.4, 0.5) is 5.13 Å². The van der Waals surface area contributed by atoms with Crippen molar-refractivity contribution >= 4 is 48.3 Å². The van der Waals surface area contributed by atoms with Gasteiger partial charge in [0.25, 0.3) is 5.91 Å². The van der Waals surface area contributed by atoms with E-state index in [-0.39, 0.29) is 35.2 Å². The highest BCUT2D eigenvalue weighted by Gasteiger charge is 2.36. The number of oxime groups is 1. The van der Waals surface area contributed by atoms with Crippen molar-refractivity contribution in [2.75, 3.05) is 38.7 Å². The molecule has 1 aromatic carbocycles. The van der Waals surface area contributed by atoms with Crippen LogP contribution in [0.1, 0.15) is 24.8 Å². The summed E-state index contributed by atoms with van der Waals surface area (Å²) in [5.41, 5.74) is 0.959. The first-order chi connectivity index (χ1) is 17.8. The largest absolute Gasteiger partial charge is 0.472 e. The van der Waals surface area contributed by atoms with Crippen molar-refractivity contribution in [1.82, 2.24) is 14.9 Å². The lowest BCUT2D eigenvalue weighted by molar-refractivity contribution is -0.110. The second kappa shape index (κ2) is 10.7. The molecule has 2 fully saturated rings. The van der Waals surface area contributed by atoms with Gasteiger partial charge in [0.05, 0.1) is 10.1 Å². The standard InChI is InChI=1S/C24H27N5O6S2/c1-29-13-16(14-29)35-20-10-9-19-23(26-20)36-24(25-19)27-22(31)21(28-34-12-2-11-30)15-3-5-17(6-4-15)37(32,33)18-7-8-18/h3-6,9-10,16,18,30H,2,7-8,11-14H2,1H3,(H,25,27,31). The third-order valence-electron chi connectivity index (χ3n) is 5.95. The van der Waals surface area contributed by atoms with Gasteiger partial charge in [-0.2, -0.15) is 0 Å². The number of nitrogens with zero attached hydrogens (tertiary/aromatic N) is 4. The highest BCUT2D eigenvalue weighted by molar-refractivity contribution is 7.92. The number of likely N-dealkylation sites (N-methyl/N-ethyl adjacent to an activating group) is 1. The van der Waals surface area contributed by atoms with Gasteiger partial charge in [0.15, 0.2) is 20.7 Å². The Morgan fingerprint density at radius 3 is 2.62 bits per heavy atom. The Morgan fingerprint density at radius 1 is 1.19 bits per heavy atom. The van der Waals surface area contributed by atoms with Crippen molar-refractivity contribution in [2.45, 2.75) is 35.5 Å². The molecule has 0 radical (unpaired) electrons. The molecule has 0 bridgehead atoms. The quantitative estimate of drug-likeness (QED) is 0.210. The Labute approximate surface area is 218 Å². The summed E-state index contributed by atoms with van der Waals surface area (Å²) in [6.07, 6.45) is 1.79. The number of fused-ring (bicyclic) bond motifs is 1. The van der Waals surface area contributed by atoms with Gasteiger partial charge in [0, 0.05) is 37.7 Å². The lowest BCUT2D eigenvalue weighted by Crippen LogP contribution is -2.51. The van der Waals surface area contributed by atoms with E-state index >= 15 is 0 Å². The number of aliphatic hydroxyl groups is 1. The number of hydrogen-bond donors (Lipinski definition) is 2. The Hall–Kier alpha value is -3.13. The molecular formula is C24H27N5O6S2. The molecule has 1 aliphatic heterocycles. The molecule has 2 N–H and O–H groups in total. The summed E-state index contributed by atoms with van der Waals surface area (Å²) >= 11 is 1.20. The van der Waals surface area contributed by atoms with Gasteiger partial charge in [0.1, 0.15) is 23.1 Å². The van der Waals surface area contributed by atoms with Crippen LogP contribution in [0.15, 0.2) is 46.4 Å². The van der Waals surface area contributed by atoms with Crippen LogP contribution in [-0.2, 0) is 19.5 Å². The first kappa shape index (κ1) is 25.5. The maximum atomic E-state index is 13.2. The van der Waals surface area contributed by atoms with Crippen LogP contribution >= 0.6 is 11.3 Å². The molecule has 1 saturated carbocycles. The molecule has 5 rings (SSSR count). The van der Waals surface area contributed by atoms with Gasteiger partial charge < -0.3 is 14.7 Å². The van der Waals surface area contributed by atoms with Gasteiger partial charge >= 0.3 is 0 Å². The van der Waals surface area contributed by atoms with Gasteiger partial charge in [-0.1, -0.05) is 28.6 Å². The van der Waals surface area contributed by atoms with Crippen LogP contribution in [0.2, 0.25) is 0 Å². The summed E-state index contributed by atoms with van der Waals surface area (Å²) in [7, 11) is -1.33. The van der Waals surface area contributed by atoms with Crippen molar-refractivity contribution in [3.63, 3.8) is 0 Å². The number of thiazole rings is 1. The maximum absolute atomic E-state index is 13.2. The fraction of sp³-hybridized carbons (Fsp3) is 0.417. The number of likely N-dealkylation sites (tertiary alicyclic amines) is 1. The number of anilines is 1. The molecule has 1 aliphatic carbocycles. The smallest absolute Gasteiger partial charge is 0.280 e. The lowest BCUT2D eigenvalue weighted by Gasteiger charge is -2.35. The van der Waals surface area contributed by atoms with Crippen molar-refractivity contribution in [2.24, 2.45) is 5.16 Å². The number of carbonyl (C=O) groups excluding carboxylic acids is 1. The van der Waals surface area contributed by atoms with Crippen LogP contribution in [0.3, 0.4) is 0 Å². The molecule has 1 amide bonds. The van der Waals surface area contributed by atoms with E-state index in [2.05, 4.69) is 25.3 Å². The second-order valence-corrected chi connectivity index (χ2v) is 12.2. The third kappa shape index (κ3) is 5.90. The molecular weight excluding hydrogens is 518 g/mol. The molecule has 1 saturated heterocycles. The number of rotatable bonds is 11. The fourth-order valence-electron chi connectivity index (χ4n) is 3.80. The summed E-state index contributed by atoms with van der Waals surface area (Å²) in [6.45, 7) is 1.73. The van der Waals surface area contributed by atoms with Crippen LogP contribution in [0.5, 0.6) is 5.88 Å². The first-order valence-corrected chi connectivity index (χ1v) is 14.3. The number of carbonyl (C=O) groups is 1. The number of hydrogen-bond acceptors (Lipinski definition) is 11. The molecule has 2 aromatic heterocycles. The lowest BCUT2D eigenvalue weighted by atomic mass is 10.1. The number of nitrogens with one attached hydrogen (secondary N) is 1. The van der Waals surface area contributed by atoms with Crippen LogP contribution in [0, 0.1) is 0 Å². The van der Waals surface area contributed by atoms with E-state index in [9.17, 15) is 13.2 Å². The van der Waals surface area contributed by atoms with E-state index in [0.29, 0.717) is 46.2 Å². The molecule has 0 atom stereocenters. The Balaban J connectivity index is 1.33. The number of aliphatic hydroxyl groups excluding tert-OH is 1. The predicted octanol–water partition coefficient (Wildman–Crippen LogP) is 2.06. The van der Waals surface area contributed by atoms with Crippen LogP contribution < -0.4 is 10.1 Å². The zero-order chi connectivity index (χ0) is 26.0. The van der Waals surface area contributed by atoms with Gasteiger partial charge in [-0.3, -0.25) is 15.0 Å². The molecule has 196 valence electrons. The summed E-state index contributed by atoms with van der Waals surface area (Å²) in [5.74, 6) is -0.0669. The Morgan fingerprint density at radius 2 is 1.95 bits per heavy atom. The van der Waals surface area contributed by atoms with E-state index in [4.69, 9.17) is 14.7 Å². The SMILES string of the molecule is CN1CC(Oc2ccc3nc(NC(=O)C(=NOCCCO)c4ccc(S(=O)(=O)C5CC5)cc4)sc3n2)C1. The number of amides is 1. The normalized spacial score (nSPS) is 17.0. The Kier molecular flexibility index (Phi) is 7.38. The topological polar surface area (TPSA) is 143 Å². The molecule has 3 aromatic rings. The number of ether oxygens (including phenoxy) is 1. The van der Waals surface area contributed by atoms with Crippen molar-refractivity contribution in [3.8, 4) is 5.88 Å². The van der Waals surface area contributed by atoms with E-state index < -0.39 is 15.7 Å². The molecule has 0 unspecified atom stereocenters. The van der Waals surface area contributed by atoms with Gasteiger partial charge in [-0.15, -0.1) is 0 Å². The van der Waals surface area contributed by atoms with Crippen LogP contribution in [-0.4, -0.2) is 84.7 Å². The molecule has 13 heteroatoms. The number of sulfone groups is 1. The van der Waals surface area contributed by atoms with E-state index in [1.807, 2.05) is 7.05 Å². The van der Waals surface area contributed by atoms with E-state index in [1.165, 1.54) is 35.6 Å². The third-order valence-corrected chi connectivity index (χ3v) is 9.11. The fourth-order valence-corrected chi connectivity index (χ4v) is 6.28. The molecule has 0 spiro atoms. The average molecular weight is 546 g/mol. The Bertz CT molecular complexity index is 1410. The van der Waals surface area contributed by atoms with Crippen LogP contribution in [0.25, 0.3) is 10.3 Å². The highest BCUT2D eigenvalue weighted by atomic mass is 32.2. The summed E-state index contributed by atoms with van der Waals surface area (Å²) in [5, 5.41) is 15.7. The summed E-state index contributed by atoms with van der Waals surface area (Å²) < 4.78 is 30.9. The second-order valence-electron chi connectivity index (χ2n) is 9.03. The molecule has 3 heterocycles. The summed E-state index contributed by atoms with van der Waals surface area (Å²) in [6, 6.07) is 9.56. The number of pyridine rings is 1. The monoisotopic (exact) mass is 545 g/mol. The van der Waals surface area contributed by atoms with Crippen molar-refractivity contribution in [1.29, 1.82) is 0 Å². The minimum atomic E-state index is -3.36. The first-order valence-electron chi connectivity index (χ1n) is 11.9. The molecule has 2 aliphatic rings. The zero-order valence-electron chi connectivity index (χ0n) is 20.2. The number of aromatic nitrogens is 2. The highest BCUT2D eigenvalue weighted by Crippen LogP contribution is 2.33. The van der Waals surface area contributed by atoms with Gasteiger partial charge in [-0.05, 0) is 38.1 Å². The van der Waals surface area contributed by atoms with Gasteiger partial charge in [-0.25, -0.2) is 18.4 Å². The van der Waals surface area contributed by atoms with Crippen molar-refractivity contribution < 1.29 is 27.9 Å². The van der Waals surface area contributed by atoms with E-state index in [1.54, 1.807) is 12.1 Å². The minimum absolute atomic E-state index is 0.0429. The zero-order valence-corrected chi connectivity index (χ0v) is 21.8. The summed E-state index contributed by atoms with van der Waals surface area (Å²) in [4.78, 5) is 30.3. The average Bonchev–Trinajstić information content (AvgIpc) is 3.65. The maximum Gasteiger partial charge on any atom is 0.280 e. The van der Waals surface area contributed by atoms with Crippen molar-refractivity contribution in [3.05, 3.63) is 42.0 Å². The molecule has 11 nitrogen and oxygen atoms in total. The number of benzene rings is 1.